The first kappa shape index (κ1) is 49.3. The lowest BCUT2D eigenvalue weighted by Gasteiger charge is -2.20. The van der Waals surface area contributed by atoms with Gasteiger partial charge in [0.1, 0.15) is 0 Å². The molecule has 3 nitrogen and oxygen atoms in total. The average Bonchev–Trinajstić information content (AvgIpc) is 3.58. The van der Waals surface area contributed by atoms with Gasteiger partial charge in [0.05, 0.1) is 17.1 Å². The first-order valence-electron chi connectivity index (χ1n) is 26.9. The number of aryl methyl sites for hydroxylation is 2. The zero-order chi connectivity index (χ0) is 53.2. The van der Waals surface area contributed by atoms with Gasteiger partial charge >= 0.3 is 0 Å². The SMILES string of the molecule is Cc1ccc(-c2ccc(-c3ccccc3-c3cc(-c4ccccc4-c4ccc(-c5ccc(C)cn5)cc4)cc(-c4ccccc4-c4ccc(-c5cc(C(C)(C)C)ccn5)cc4-c4ccc(-c5ccccc5)cc4)c3)cc2)nc1. The van der Waals surface area contributed by atoms with Gasteiger partial charge in [0.2, 0.25) is 0 Å². The highest BCUT2D eigenvalue weighted by molar-refractivity contribution is 5.97. The molecule has 0 aliphatic rings. The first-order valence-corrected chi connectivity index (χ1v) is 26.9. The minimum absolute atomic E-state index is 0.0187. The molecule has 0 atom stereocenters. The Balaban J connectivity index is 1.03. The molecule has 0 saturated carbocycles. The Kier molecular flexibility index (Phi) is 13.4. The second kappa shape index (κ2) is 21.2. The number of benzene rings is 9. The van der Waals surface area contributed by atoms with Crippen molar-refractivity contribution in [1.29, 1.82) is 0 Å². The predicted octanol–water partition coefficient (Wildman–Crippen LogP) is 20.1. The second-order valence-electron chi connectivity index (χ2n) is 21.4. The Bertz CT molecular complexity index is 3920. The maximum absolute atomic E-state index is 4.95. The van der Waals surface area contributed by atoms with Crippen molar-refractivity contribution in [1.82, 2.24) is 15.0 Å². The molecule has 3 aromatic heterocycles. The second-order valence-corrected chi connectivity index (χ2v) is 21.4. The summed E-state index contributed by atoms with van der Waals surface area (Å²) in [5.74, 6) is 0. The lowest BCUT2D eigenvalue weighted by atomic mass is 9.84. The molecule has 3 heterocycles. The molecule has 0 aliphatic heterocycles. The highest BCUT2D eigenvalue weighted by Crippen LogP contribution is 2.45. The number of pyridine rings is 3. The van der Waals surface area contributed by atoms with Crippen molar-refractivity contribution in [3.05, 3.63) is 284 Å². The largest absolute Gasteiger partial charge is 0.256 e. The monoisotopic (exact) mass is 1000 g/mol. The molecule has 0 amide bonds. The van der Waals surface area contributed by atoms with Gasteiger partial charge in [-0.15, -0.1) is 0 Å². The van der Waals surface area contributed by atoms with Crippen molar-refractivity contribution in [2.75, 3.05) is 0 Å². The van der Waals surface area contributed by atoms with E-state index in [9.17, 15) is 0 Å². The Morgan fingerprint density at radius 1 is 0.244 bits per heavy atom. The fourth-order valence-electron chi connectivity index (χ4n) is 10.7. The van der Waals surface area contributed by atoms with Gasteiger partial charge in [0.15, 0.2) is 0 Å². The molecular formula is C75H59N3. The van der Waals surface area contributed by atoms with Crippen molar-refractivity contribution in [3.8, 4) is 123 Å². The third-order valence-electron chi connectivity index (χ3n) is 15.0. The molecule has 0 aliphatic carbocycles. The van der Waals surface area contributed by atoms with E-state index in [-0.39, 0.29) is 5.41 Å². The van der Waals surface area contributed by atoms with Gasteiger partial charge < -0.3 is 0 Å². The topological polar surface area (TPSA) is 38.7 Å². The molecule has 0 bridgehead atoms. The van der Waals surface area contributed by atoms with Crippen molar-refractivity contribution in [2.45, 2.75) is 40.0 Å². The van der Waals surface area contributed by atoms with Gasteiger partial charge in [-0.25, -0.2) is 0 Å². The maximum Gasteiger partial charge on any atom is 0.0705 e. The molecule has 374 valence electrons. The summed E-state index contributed by atoms with van der Waals surface area (Å²) in [4.78, 5) is 14.4. The highest BCUT2D eigenvalue weighted by Gasteiger charge is 2.20. The highest BCUT2D eigenvalue weighted by atomic mass is 14.7. The minimum atomic E-state index is -0.0187. The van der Waals surface area contributed by atoms with Crippen molar-refractivity contribution >= 4 is 0 Å². The van der Waals surface area contributed by atoms with Gasteiger partial charge in [-0.3, -0.25) is 15.0 Å². The lowest BCUT2D eigenvalue weighted by Crippen LogP contribution is -2.11. The molecule has 78 heavy (non-hydrogen) atoms. The summed E-state index contributed by atoms with van der Waals surface area (Å²) in [6, 6.07) is 90.7. The van der Waals surface area contributed by atoms with E-state index < -0.39 is 0 Å². The van der Waals surface area contributed by atoms with E-state index in [1.165, 1.54) is 16.7 Å². The Morgan fingerprint density at radius 3 is 1.08 bits per heavy atom. The predicted molar refractivity (Wildman–Crippen MR) is 328 cm³/mol. The van der Waals surface area contributed by atoms with Gasteiger partial charge in [-0.2, -0.15) is 0 Å². The van der Waals surface area contributed by atoms with E-state index in [1.807, 2.05) is 18.6 Å². The molecule has 3 heteroatoms. The van der Waals surface area contributed by atoms with Crippen molar-refractivity contribution in [2.24, 2.45) is 0 Å². The summed E-state index contributed by atoms with van der Waals surface area (Å²) in [6.45, 7) is 10.9. The molecule has 12 rings (SSSR count). The van der Waals surface area contributed by atoms with Crippen LogP contribution >= 0.6 is 0 Å². The first-order chi connectivity index (χ1) is 38.1. The lowest BCUT2D eigenvalue weighted by molar-refractivity contribution is 0.589. The average molecular weight is 1000 g/mol. The zero-order valence-corrected chi connectivity index (χ0v) is 44.7. The molecule has 0 N–H and O–H groups in total. The summed E-state index contributed by atoms with van der Waals surface area (Å²) in [7, 11) is 0. The number of hydrogen-bond acceptors (Lipinski definition) is 3. The van der Waals surface area contributed by atoms with Crippen LogP contribution in [0.25, 0.3) is 123 Å². The Morgan fingerprint density at radius 2 is 0.615 bits per heavy atom. The zero-order valence-electron chi connectivity index (χ0n) is 44.7. The van der Waals surface area contributed by atoms with E-state index in [1.54, 1.807) is 0 Å². The van der Waals surface area contributed by atoms with E-state index in [4.69, 9.17) is 15.0 Å². The quantitative estimate of drug-likeness (QED) is 0.130. The molecule has 12 aromatic rings. The van der Waals surface area contributed by atoms with Crippen LogP contribution < -0.4 is 0 Å². The summed E-state index contributed by atoms with van der Waals surface area (Å²) >= 11 is 0. The summed E-state index contributed by atoms with van der Waals surface area (Å²) in [5.41, 5.74) is 28.0. The Labute approximate surface area is 459 Å². The van der Waals surface area contributed by atoms with Gasteiger partial charge in [0, 0.05) is 35.3 Å². The molecule has 0 spiro atoms. The van der Waals surface area contributed by atoms with Crippen LogP contribution in [0.1, 0.15) is 37.5 Å². The molecule has 0 fully saturated rings. The fourth-order valence-corrected chi connectivity index (χ4v) is 10.7. The van der Waals surface area contributed by atoms with Crippen molar-refractivity contribution in [3.63, 3.8) is 0 Å². The fraction of sp³-hybridized carbons (Fsp3) is 0.0800. The third kappa shape index (κ3) is 10.3. The third-order valence-corrected chi connectivity index (χ3v) is 15.0. The van der Waals surface area contributed by atoms with E-state index in [0.717, 1.165) is 123 Å². The number of nitrogens with zero attached hydrogens (tertiary/aromatic N) is 3. The number of rotatable bonds is 11. The summed E-state index contributed by atoms with van der Waals surface area (Å²) in [5, 5.41) is 0. The van der Waals surface area contributed by atoms with E-state index in [0.29, 0.717) is 0 Å². The van der Waals surface area contributed by atoms with Crippen LogP contribution in [-0.2, 0) is 5.41 Å². The van der Waals surface area contributed by atoms with Crippen LogP contribution in [0.4, 0.5) is 0 Å². The normalized spacial score (nSPS) is 11.4. The van der Waals surface area contributed by atoms with Crippen LogP contribution in [0.15, 0.2) is 267 Å². The van der Waals surface area contributed by atoms with Gasteiger partial charge in [-0.1, -0.05) is 221 Å². The summed E-state index contributed by atoms with van der Waals surface area (Å²) < 4.78 is 0. The molecule has 9 aromatic carbocycles. The van der Waals surface area contributed by atoms with Crippen LogP contribution in [0.3, 0.4) is 0 Å². The van der Waals surface area contributed by atoms with E-state index >= 15 is 0 Å². The van der Waals surface area contributed by atoms with Crippen LogP contribution in [0, 0.1) is 13.8 Å². The molecular weight excluding hydrogens is 943 g/mol. The standard InChI is InChI=1S/C75H59N3/c1-50-23-39-72(77-48-50)57-33-29-54(30-34-57)64-17-9-11-19-66(64)60-43-61(67-20-12-10-18-65(67)55-31-35-58(36-32-55)73-40-24-51(2)49-78-73)45-62(44-60)68-21-13-14-22-69(68)70-38-37-59(74-47-63(41-42-76-74)75(3,4)5)46-71(70)56-27-25-53(26-28-56)52-15-7-6-8-16-52/h6-49H,1-5H3. The maximum atomic E-state index is 4.95. The molecule has 0 radical (unpaired) electrons. The molecule has 0 saturated heterocycles. The van der Waals surface area contributed by atoms with Crippen LogP contribution in [0.2, 0.25) is 0 Å². The molecule has 0 unspecified atom stereocenters. The smallest absolute Gasteiger partial charge is 0.0705 e. The minimum Gasteiger partial charge on any atom is -0.256 e. The van der Waals surface area contributed by atoms with Crippen molar-refractivity contribution < 1.29 is 0 Å². The van der Waals surface area contributed by atoms with Crippen LogP contribution in [0.5, 0.6) is 0 Å². The van der Waals surface area contributed by atoms with E-state index in [2.05, 4.69) is 283 Å². The summed E-state index contributed by atoms with van der Waals surface area (Å²) in [6.07, 6.45) is 5.81. The van der Waals surface area contributed by atoms with Gasteiger partial charge in [0.25, 0.3) is 0 Å². The Hall–Kier alpha value is -9.57. The number of hydrogen-bond donors (Lipinski definition) is 0. The van der Waals surface area contributed by atoms with Crippen LogP contribution in [-0.4, -0.2) is 15.0 Å². The van der Waals surface area contributed by atoms with Gasteiger partial charge in [-0.05, 0) is 173 Å². The number of aromatic nitrogens is 3.